The maximum Gasteiger partial charge on any atom is 0.315 e. The van der Waals surface area contributed by atoms with Crippen LogP contribution in [0.2, 0.25) is 0 Å². The molecule has 0 N–H and O–H groups in total. The van der Waals surface area contributed by atoms with Gasteiger partial charge in [-0.25, -0.2) is 0 Å². The van der Waals surface area contributed by atoms with E-state index in [-0.39, 0.29) is 5.97 Å². The molecule has 1 aromatic rings. The highest BCUT2D eigenvalue weighted by Crippen LogP contribution is 2.31. The van der Waals surface area contributed by atoms with Gasteiger partial charge in [0, 0.05) is 5.56 Å². The molecule has 0 unspecified atom stereocenters. The zero-order chi connectivity index (χ0) is 11.0. The number of carbonyl (C=O) groups excluding carboxylic acids is 1. The predicted molar refractivity (Wildman–Crippen MR) is 59.2 cm³/mol. The van der Waals surface area contributed by atoms with Crippen LogP contribution in [0, 0.1) is 13.8 Å². The van der Waals surface area contributed by atoms with Crippen molar-refractivity contribution in [2.75, 3.05) is 0 Å². The molecule has 2 nitrogen and oxygen atoms in total. The maximum absolute atomic E-state index is 11.2. The molecule has 0 saturated heterocycles. The fourth-order valence-electron chi connectivity index (χ4n) is 1.80. The Labute approximate surface area is 89.6 Å². The number of esters is 1. The topological polar surface area (TPSA) is 26.3 Å². The van der Waals surface area contributed by atoms with Crippen LogP contribution in [-0.4, -0.2) is 5.97 Å². The molecule has 1 aliphatic heterocycles. The van der Waals surface area contributed by atoms with Gasteiger partial charge in [0.1, 0.15) is 5.76 Å². The molecule has 2 rings (SSSR count). The number of hydrogen-bond acceptors (Lipinski definition) is 2. The fraction of sp³-hybridized carbons (Fsp3) is 0.308. The summed E-state index contributed by atoms with van der Waals surface area (Å²) in [4.78, 5) is 11.2. The molecular formula is C13H14O2. The van der Waals surface area contributed by atoms with E-state index in [0.29, 0.717) is 6.42 Å². The fourth-order valence-corrected chi connectivity index (χ4v) is 1.80. The summed E-state index contributed by atoms with van der Waals surface area (Å²) in [7, 11) is 0. The summed E-state index contributed by atoms with van der Waals surface area (Å²) in [5.41, 5.74) is 4.38. The van der Waals surface area contributed by atoms with Crippen LogP contribution in [0.5, 0.6) is 0 Å². The van der Waals surface area contributed by atoms with E-state index >= 15 is 0 Å². The van der Waals surface area contributed by atoms with E-state index in [4.69, 9.17) is 4.74 Å². The Hall–Kier alpha value is -1.57. The first-order chi connectivity index (χ1) is 7.08. The van der Waals surface area contributed by atoms with Gasteiger partial charge in [0.25, 0.3) is 0 Å². The van der Waals surface area contributed by atoms with Gasteiger partial charge in [-0.3, -0.25) is 4.79 Å². The highest BCUT2D eigenvalue weighted by molar-refractivity contribution is 5.88. The first-order valence-electron chi connectivity index (χ1n) is 5.06. The maximum atomic E-state index is 11.2. The normalized spacial score (nSPS) is 15.8. The van der Waals surface area contributed by atoms with Crippen LogP contribution in [0.1, 0.15) is 30.0 Å². The molecular weight excluding hydrogens is 188 g/mol. The number of cyclic esters (lactones) is 1. The number of carbonyl (C=O) groups is 1. The van der Waals surface area contributed by atoms with Gasteiger partial charge in [-0.1, -0.05) is 17.7 Å². The zero-order valence-corrected chi connectivity index (χ0v) is 9.26. The van der Waals surface area contributed by atoms with Gasteiger partial charge in [0.2, 0.25) is 0 Å². The molecule has 1 aliphatic rings. The van der Waals surface area contributed by atoms with Crippen LogP contribution in [0.3, 0.4) is 0 Å². The van der Waals surface area contributed by atoms with Gasteiger partial charge in [-0.15, -0.1) is 0 Å². The van der Waals surface area contributed by atoms with Crippen molar-refractivity contribution in [2.24, 2.45) is 0 Å². The number of aryl methyl sites for hydroxylation is 2. The summed E-state index contributed by atoms with van der Waals surface area (Å²) in [6, 6.07) is 6.18. The second-order valence-corrected chi connectivity index (χ2v) is 4.08. The van der Waals surface area contributed by atoms with Crippen molar-refractivity contribution >= 4 is 11.7 Å². The van der Waals surface area contributed by atoms with E-state index in [1.807, 2.05) is 20.8 Å². The van der Waals surface area contributed by atoms with Crippen molar-refractivity contribution in [3.63, 3.8) is 0 Å². The van der Waals surface area contributed by atoms with E-state index in [0.717, 1.165) is 22.5 Å². The van der Waals surface area contributed by atoms with Gasteiger partial charge in [-0.05, 0) is 38.0 Å². The SMILES string of the molecule is CC1=C(c2cc(C)ccc2C)OC(=O)C1. The number of benzene rings is 1. The monoisotopic (exact) mass is 202 g/mol. The van der Waals surface area contributed by atoms with Crippen molar-refractivity contribution in [3.05, 3.63) is 40.5 Å². The Morgan fingerprint density at radius 3 is 2.53 bits per heavy atom. The predicted octanol–water partition coefficient (Wildman–Crippen LogP) is 2.98. The first kappa shape index (κ1) is 9.97. The summed E-state index contributed by atoms with van der Waals surface area (Å²) < 4.78 is 5.24. The van der Waals surface area contributed by atoms with E-state index in [9.17, 15) is 4.79 Å². The number of rotatable bonds is 1. The Morgan fingerprint density at radius 2 is 1.93 bits per heavy atom. The quantitative estimate of drug-likeness (QED) is 0.654. The summed E-state index contributed by atoms with van der Waals surface area (Å²) in [6.07, 6.45) is 0.419. The van der Waals surface area contributed by atoms with Gasteiger partial charge in [0.05, 0.1) is 6.42 Å². The van der Waals surface area contributed by atoms with E-state index in [2.05, 4.69) is 18.2 Å². The molecule has 0 amide bonds. The minimum absolute atomic E-state index is 0.150. The summed E-state index contributed by atoms with van der Waals surface area (Å²) in [6.45, 7) is 6.01. The third-order valence-corrected chi connectivity index (χ3v) is 2.65. The second kappa shape index (κ2) is 3.54. The van der Waals surface area contributed by atoms with Crippen molar-refractivity contribution in [1.82, 2.24) is 0 Å². The molecule has 78 valence electrons. The molecule has 0 atom stereocenters. The lowest BCUT2D eigenvalue weighted by Gasteiger charge is -2.08. The van der Waals surface area contributed by atoms with Gasteiger partial charge >= 0.3 is 5.97 Å². The molecule has 0 radical (unpaired) electrons. The minimum Gasteiger partial charge on any atom is -0.426 e. The van der Waals surface area contributed by atoms with Gasteiger partial charge in [-0.2, -0.15) is 0 Å². The van der Waals surface area contributed by atoms with Crippen LogP contribution in [0.15, 0.2) is 23.8 Å². The molecule has 0 aliphatic carbocycles. The summed E-state index contributed by atoms with van der Waals surface area (Å²) >= 11 is 0. The van der Waals surface area contributed by atoms with Gasteiger partial charge in [0.15, 0.2) is 0 Å². The number of ether oxygens (including phenoxy) is 1. The highest BCUT2D eigenvalue weighted by atomic mass is 16.5. The standard InChI is InChI=1S/C13H14O2/c1-8-4-5-9(2)11(6-8)13-10(3)7-12(14)15-13/h4-6H,7H2,1-3H3. The van der Waals surface area contributed by atoms with Crippen LogP contribution < -0.4 is 0 Å². The van der Waals surface area contributed by atoms with Crippen LogP contribution in [0.4, 0.5) is 0 Å². The van der Waals surface area contributed by atoms with Crippen LogP contribution >= 0.6 is 0 Å². The summed E-state index contributed by atoms with van der Waals surface area (Å²) in [5.74, 6) is 0.601. The molecule has 1 aromatic carbocycles. The smallest absolute Gasteiger partial charge is 0.315 e. The van der Waals surface area contributed by atoms with Crippen molar-refractivity contribution in [1.29, 1.82) is 0 Å². The Bertz CT molecular complexity index is 456. The van der Waals surface area contributed by atoms with Gasteiger partial charge < -0.3 is 4.74 Å². The lowest BCUT2D eigenvalue weighted by atomic mass is 10.0. The third kappa shape index (κ3) is 1.80. The Balaban J connectivity index is 2.50. The average molecular weight is 202 g/mol. The molecule has 0 aromatic heterocycles. The van der Waals surface area contributed by atoms with Crippen LogP contribution in [0.25, 0.3) is 5.76 Å². The molecule has 15 heavy (non-hydrogen) atoms. The molecule has 0 spiro atoms. The molecule has 0 fully saturated rings. The van der Waals surface area contributed by atoms with E-state index in [1.165, 1.54) is 5.56 Å². The Morgan fingerprint density at radius 1 is 1.20 bits per heavy atom. The Kier molecular flexibility index (Phi) is 2.35. The van der Waals surface area contributed by atoms with E-state index < -0.39 is 0 Å². The minimum atomic E-state index is -0.150. The largest absolute Gasteiger partial charge is 0.426 e. The van der Waals surface area contributed by atoms with Crippen molar-refractivity contribution in [2.45, 2.75) is 27.2 Å². The van der Waals surface area contributed by atoms with Crippen molar-refractivity contribution in [3.8, 4) is 0 Å². The average Bonchev–Trinajstić information content (AvgIpc) is 2.50. The highest BCUT2D eigenvalue weighted by Gasteiger charge is 2.22. The summed E-state index contributed by atoms with van der Waals surface area (Å²) in [5, 5.41) is 0. The second-order valence-electron chi connectivity index (χ2n) is 4.08. The van der Waals surface area contributed by atoms with Crippen LogP contribution in [-0.2, 0) is 9.53 Å². The molecule has 0 bridgehead atoms. The lowest BCUT2D eigenvalue weighted by molar-refractivity contribution is -0.134. The zero-order valence-electron chi connectivity index (χ0n) is 9.26. The number of hydrogen-bond donors (Lipinski definition) is 0. The molecule has 1 heterocycles. The van der Waals surface area contributed by atoms with E-state index in [1.54, 1.807) is 0 Å². The molecule has 2 heteroatoms. The molecule has 0 saturated carbocycles. The van der Waals surface area contributed by atoms with Crippen molar-refractivity contribution < 1.29 is 9.53 Å². The first-order valence-corrected chi connectivity index (χ1v) is 5.06. The lowest BCUT2D eigenvalue weighted by Crippen LogP contribution is -1.95. The third-order valence-electron chi connectivity index (χ3n) is 2.65.